The molecule has 5 nitrogen and oxygen atoms in total. The lowest BCUT2D eigenvalue weighted by Crippen LogP contribution is -2.31. The van der Waals surface area contributed by atoms with Crippen LogP contribution in [0.5, 0.6) is 0 Å². The van der Waals surface area contributed by atoms with E-state index in [0.29, 0.717) is 6.42 Å². The van der Waals surface area contributed by atoms with E-state index in [1.807, 2.05) is 41.3 Å². The maximum atomic E-state index is 12.7. The number of carbonyl (C=O) groups excluding carboxylic acids is 2. The van der Waals surface area contributed by atoms with Crippen LogP contribution in [0.15, 0.2) is 48.8 Å². The second-order valence-corrected chi connectivity index (χ2v) is 6.08. The smallest absolute Gasteiger partial charge is 0.227 e. The third-order valence-corrected chi connectivity index (χ3v) is 4.29. The van der Waals surface area contributed by atoms with Gasteiger partial charge in [0.05, 0.1) is 12.5 Å². The molecule has 2 amide bonds. The van der Waals surface area contributed by atoms with Gasteiger partial charge >= 0.3 is 0 Å². The van der Waals surface area contributed by atoms with Crippen molar-refractivity contribution >= 4 is 17.5 Å². The van der Waals surface area contributed by atoms with Gasteiger partial charge in [0.25, 0.3) is 0 Å². The Hall–Kier alpha value is -2.69. The number of benzene rings is 1. The zero-order valence-electron chi connectivity index (χ0n) is 13.7. The van der Waals surface area contributed by atoms with Crippen LogP contribution in [0.25, 0.3) is 0 Å². The number of hydrogen-bond donors (Lipinski definition) is 1. The number of nitrogens with one attached hydrogen (secondary N) is 1. The van der Waals surface area contributed by atoms with Crippen molar-refractivity contribution < 1.29 is 9.59 Å². The molecule has 3 rings (SSSR count). The van der Waals surface area contributed by atoms with E-state index < -0.39 is 0 Å². The Balaban J connectivity index is 1.67. The van der Waals surface area contributed by atoms with Crippen molar-refractivity contribution in [2.24, 2.45) is 0 Å². The minimum Gasteiger partial charge on any atom is -0.335 e. The van der Waals surface area contributed by atoms with Crippen LogP contribution >= 0.6 is 0 Å². The van der Waals surface area contributed by atoms with Crippen molar-refractivity contribution in [2.45, 2.75) is 32.2 Å². The van der Waals surface area contributed by atoms with Crippen molar-refractivity contribution in [1.29, 1.82) is 0 Å². The molecular formula is C19H21N3O2. The van der Waals surface area contributed by atoms with Gasteiger partial charge < -0.3 is 10.2 Å². The molecule has 2 aromatic rings. The Morgan fingerprint density at radius 1 is 1.17 bits per heavy atom. The Morgan fingerprint density at radius 2 is 1.88 bits per heavy atom. The average Bonchev–Trinajstić information content (AvgIpc) is 3.07. The molecule has 1 N–H and O–H groups in total. The van der Waals surface area contributed by atoms with E-state index in [1.165, 1.54) is 6.92 Å². The van der Waals surface area contributed by atoms with Gasteiger partial charge in [0.2, 0.25) is 11.8 Å². The number of amides is 2. The molecule has 1 fully saturated rings. The summed E-state index contributed by atoms with van der Waals surface area (Å²) >= 11 is 0. The average molecular weight is 323 g/mol. The molecule has 1 aromatic carbocycles. The summed E-state index contributed by atoms with van der Waals surface area (Å²) in [7, 11) is 0. The first-order valence-electron chi connectivity index (χ1n) is 8.19. The highest BCUT2D eigenvalue weighted by molar-refractivity contribution is 5.88. The van der Waals surface area contributed by atoms with E-state index in [-0.39, 0.29) is 17.9 Å². The topological polar surface area (TPSA) is 62.3 Å². The number of pyridine rings is 1. The van der Waals surface area contributed by atoms with Crippen LogP contribution in [0, 0.1) is 0 Å². The van der Waals surface area contributed by atoms with E-state index in [0.717, 1.165) is 36.2 Å². The SMILES string of the molecule is CC(=O)Nc1ccc(CC(=O)N2CCCC2c2ccncc2)cc1. The van der Waals surface area contributed by atoms with E-state index in [4.69, 9.17) is 0 Å². The van der Waals surface area contributed by atoms with Crippen LogP contribution in [0.2, 0.25) is 0 Å². The van der Waals surface area contributed by atoms with Crippen molar-refractivity contribution in [1.82, 2.24) is 9.88 Å². The number of carbonyl (C=O) groups is 2. The largest absolute Gasteiger partial charge is 0.335 e. The summed E-state index contributed by atoms with van der Waals surface area (Å²) in [5, 5.41) is 2.73. The monoisotopic (exact) mass is 323 g/mol. The standard InChI is InChI=1S/C19H21N3O2/c1-14(23)21-17-6-4-15(5-7-17)13-19(24)22-12-2-3-18(22)16-8-10-20-11-9-16/h4-11,18H,2-3,12-13H2,1H3,(H,21,23). The van der Waals surface area contributed by atoms with Gasteiger partial charge in [-0.1, -0.05) is 12.1 Å². The Morgan fingerprint density at radius 3 is 2.54 bits per heavy atom. The number of rotatable bonds is 4. The van der Waals surface area contributed by atoms with Crippen molar-refractivity contribution in [3.05, 3.63) is 59.9 Å². The van der Waals surface area contributed by atoms with E-state index >= 15 is 0 Å². The van der Waals surface area contributed by atoms with Crippen molar-refractivity contribution in [2.75, 3.05) is 11.9 Å². The lowest BCUT2D eigenvalue weighted by atomic mass is 10.1. The molecule has 24 heavy (non-hydrogen) atoms. The summed E-state index contributed by atoms with van der Waals surface area (Å²) in [4.78, 5) is 29.8. The number of nitrogens with zero attached hydrogens (tertiary/aromatic N) is 2. The maximum Gasteiger partial charge on any atom is 0.227 e. The van der Waals surface area contributed by atoms with Gasteiger partial charge in [-0.3, -0.25) is 14.6 Å². The fourth-order valence-corrected chi connectivity index (χ4v) is 3.18. The highest BCUT2D eigenvalue weighted by Gasteiger charge is 2.29. The summed E-state index contributed by atoms with van der Waals surface area (Å²) in [6.07, 6.45) is 5.95. The summed E-state index contributed by atoms with van der Waals surface area (Å²) in [5.41, 5.74) is 2.85. The highest BCUT2D eigenvalue weighted by Crippen LogP contribution is 2.32. The van der Waals surface area contributed by atoms with Crippen LogP contribution in [0.3, 0.4) is 0 Å². The zero-order valence-corrected chi connectivity index (χ0v) is 13.7. The van der Waals surface area contributed by atoms with Gasteiger partial charge in [-0.2, -0.15) is 0 Å². The van der Waals surface area contributed by atoms with E-state index in [1.54, 1.807) is 12.4 Å². The molecule has 2 heterocycles. The molecule has 0 aliphatic carbocycles. The van der Waals surface area contributed by atoms with E-state index in [9.17, 15) is 9.59 Å². The van der Waals surface area contributed by atoms with Gasteiger partial charge in [0.15, 0.2) is 0 Å². The Labute approximate surface area is 141 Å². The molecule has 0 saturated carbocycles. The normalized spacial score (nSPS) is 16.9. The maximum absolute atomic E-state index is 12.7. The van der Waals surface area contributed by atoms with Crippen LogP contribution in [0.4, 0.5) is 5.69 Å². The molecule has 1 aliphatic rings. The van der Waals surface area contributed by atoms with Crippen LogP contribution in [-0.2, 0) is 16.0 Å². The molecule has 1 aliphatic heterocycles. The van der Waals surface area contributed by atoms with Gasteiger partial charge in [-0.05, 0) is 48.2 Å². The summed E-state index contributed by atoms with van der Waals surface area (Å²) in [5.74, 6) is 0.0395. The molecule has 1 saturated heterocycles. The Kier molecular flexibility index (Phi) is 4.89. The number of aromatic nitrogens is 1. The first-order valence-corrected chi connectivity index (χ1v) is 8.19. The quantitative estimate of drug-likeness (QED) is 0.941. The second kappa shape index (κ2) is 7.25. The number of likely N-dealkylation sites (tertiary alicyclic amines) is 1. The van der Waals surface area contributed by atoms with Crippen molar-refractivity contribution in [3.63, 3.8) is 0 Å². The predicted molar refractivity (Wildman–Crippen MR) is 92.4 cm³/mol. The minimum absolute atomic E-state index is 0.101. The predicted octanol–water partition coefficient (Wildman–Crippen LogP) is 2.95. The molecule has 1 aromatic heterocycles. The van der Waals surface area contributed by atoms with Crippen LogP contribution in [0.1, 0.15) is 36.9 Å². The van der Waals surface area contributed by atoms with E-state index in [2.05, 4.69) is 10.3 Å². The minimum atomic E-state index is -0.101. The van der Waals surface area contributed by atoms with Crippen LogP contribution in [-0.4, -0.2) is 28.2 Å². The molecule has 5 heteroatoms. The van der Waals surface area contributed by atoms with Crippen molar-refractivity contribution in [3.8, 4) is 0 Å². The lowest BCUT2D eigenvalue weighted by Gasteiger charge is -2.25. The molecule has 1 atom stereocenters. The molecule has 0 radical (unpaired) electrons. The first-order chi connectivity index (χ1) is 11.6. The number of hydrogen-bond acceptors (Lipinski definition) is 3. The fourth-order valence-electron chi connectivity index (χ4n) is 3.18. The third kappa shape index (κ3) is 3.79. The van der Waals surface area contributed by atoms with Gasteiger partial charge in [-0.25, -0.2) is 0 Å². The molecular weight excluding hydrogens is 302 g/mol. The van der Waals surface area contributed by atoms with Gasteiger partial charge in [0, 0.05) is 31.5 Å². The van der Waals surface area contributed by atoms with Crippen LogP contribution < -0.4 is 5.32 Å². The summed E-state index contributed by atoms with van der Waals surface area (Å²) in [6, 6.07) is 11.6. The zero-order chi connectivity index (χ0) is 16.9. The van der Waals surface area contributed by atoms with Gasteiger partial charge in [-0.15, -0.1) is 0 Å². The Bertz CT molecular complexity index is 713. The molecule has 0 spiro atoms. The molecule has 1 unspecified atom stereocenters. The molecule has 124 valence electrons. The highest BCUT2D eigenvalue weighted by atomic mass is 16.2. The van der Waals surface area contributed by atoms with Gasteiger partial charge in [0.1, 0.15) is 0 Å². The first kappa shape index (κ1) is 16.2. The number of anilines is 1. The fraction of sp³-hybridized carbons (Fsp3) is 0.316. The molecule has 0 bridgehead atoms. The summed E-state index contributed by atoms with van der Waals surface area (Å²) < 4.78 is 0. The third-order valence-electron chi connectivity index (χ3n) is 4.29. The lowest BCUT2D eigenvalue weighted by molar-refractivity contribution is -0.131. The summed E-state index contributed by atoms with van der Waals surface area (Å²) in [6.45, 7) is 2.28. The second-order valence-electron chi connectivity index (χ2n) is 6.08.